The third kappa shape index (κ3) is 1.01. The van der Waals surface area contributed by atoms with E-state index in [0.717, 1.165) is 12.1 Å². The highest BCUT2D eigenvalue weighted by Crippen LogP contribution is 2.20. The minimum Gasteiger partial charge on any atom is -0.311 e. The summed E-state index contributed by atoms with van der Waals surface area (Å²) in [7, 11) is 0. The Morgan fingerprint density at radius 3 is 2.11 bits per heavy atom. The normalized spacial score (nSPS) is 40.9. The molecule has 2 heterocycles. The summed E-state index contributed by atoms with van der Waals surface area (Å²) in [5.41, 5.74) is 0. The number of fused-ring (bicyclic) bond motifs is 2. The smallest absolute Gasteiger partial charge is 0.0105 e. The lowest BCUT2D eigenvalue weighted by Gasteiger charge is -2.06. The quantitative estimate of drug-likeness (QED) is 0.481. The molecule has 0 spiro atoms. The summed E-state index contributed by atoms with van der Waals surface area (Å²) in [6.45, 7) is 0. The van der Waals surface area contributed by atoms with Crippen molar-refractivity contribution in [2.45, 2.75) is 37.8 Å². The van der Waals surface area contributed by atoms with Crippen molar-refractivity contribution < 1.29 is 0 Å². The van der Waals surface area contributed by atoms with Gasteiger partial charge in [0.05, 0.1) is 0 Å². The minimum absolute atomic E-state index is 0.814. The number of hydrogen-bond acceptors (Lipinski definition) is 1. The van der Waals surface area contributed by atoms with Gasteiger partial charge in [-0.2, -0.15) is 0 Å². The van der Waals surface area contributed by atoms with Crippen molar-refractivity contribution in [2.75, 3.05) is 0 Å². The van der Waals surface area contributed by atoms with Crippen molar-refractivity contribution in [3.05, 3.63) is 12.2 Å². The van der Waals surface area contributed by atoms with Crippen LogP contribution in [0.4, 0.5) is 0 Å². The van der Waals surface area contributed by atoms with E-state index < -0.39 is 0 Å². The maximum atomic E-state index is 3.59. The highest BCUT2D eigenvalue weighted by molar-refractivity contribution is 4.99. The van der Waals surface area contributed by atoms with Crippen LogP contribution in [0.2, 0.25) is 0 Å². The van der Waals surface area contributed by atoms with Crippen LogP contribution < -0.4 is 5.32 Å². The van der Waals surface area contributed by atoms with E-state index >= 15 is 0 Å². The van der Waals surface area contributed by atoms with Gasteiger partial charge in [-0.05, 0) is 25.7 Å². The Morgan fingerprint density at radius 2 is 1.56 bits per heavy atom. The van der Waals surface area contributed by atoms with Crippen LogP contribution in [0.1, 0.15) is 25.7 Å². The SMILES string of the molecule is C1=CC[C@@H]2CCC(C1)N2. The molecule has 0 aromatic heterocycles. The lowest BCUT2D eigenvalue weighted by Crippen LogP contribution is -2.26. The molecule has 2 aliphatic heterocycles. The zero-order chi connectivity index (χ0) is 6.10. The summed E-state index contributed by atoms with van der Waals surface area (Å²) in [5, 5.41) is 3.59. The highest BCUT2D eigenvalue weighted by Gasteiger charge is 2.22. The topological polar surface area (TPSA) is 12.0 Å². The zero-order valence-electron chi connectivity index (χ0n) is 5.64. The van der Waals surface area contributed by atoms with E-state index in [1.54, 1.807) is 0 Å². The van der Waals surface area contributed by atoms with Crippen molar-refractivity contribution >= 4 is 0 Å². The maximum absolute atomic E-state index is 3.59. The summed E-state index contributed by atoms with van der Waals surface area (Å²) in [5.74, 6) is 0. The molecular weight excluding hydrogens is 110 g/mol. The van der Waals surface area contributed by atoms with Gasteiger partial charge in [-0.3, -0.25) is 0 Å². The fourth-order valence-electron chi connectivity index (χ4n) is 1.80. The van der Waals surface area contributed by atoms with Gasteiger partial charge < -0.3 is 5.32 Å². The van der Waals surface area contributed by atoms with E-state index in [0.29, 0.717) is 0 Å². The highest BCUT2D eigenvalue weighted by atomic mass is 15.0. The molecule has 1 heteroatoms. The molecule has 1 saturated heterocycles. The molecule has 0 aliphatic carbocycles. The first-order chi connectivity index (χ1) is 4.45. The van der Waals surface area contributed by atoms with Crippen molar-refractivity contribution in [1.82, 2.24) is 5.32 Å². The lowest BCUT2D eigenvalue weighted by atomic mass is 10.1. The molecule has 2 aliphatic rings. The Labute approximate surface area is 56.1 Å². The van der Waals surface area contributed by atoms with Crippen LogP contribution >= 0.6 is 0 Å². The van der Waals surface area contributed by atoms with Gasteiger partial charge in [-0.1, -0.05) is 12.2 Å². The standard InChI is InChI=1S/C8H13N/c1-2-4-8-6-5-7(3-1)9-8/h1-2,7-9H,3-6H2/t7-,8?/m1/s1. The molecular formula is C8H13N. The lowest BCUT2D eigenvalue weighted by molar-refractivity contribution is 0.558. The fourth-order valence-corrected chi connectivity index (χ4v) is 1.80. The van der Waals surface area contributed by atoms with Crippen LogP contribution in [-0.2, 0) is 0 Å². The van der Waals surface area contributed by atoms with Gasteiger partial charge in [0.1, 0.15) is 0 Å². The number of rotatable bonds is 0. The molecule has 9 heavy (non-hydrogen) atoms. The molecule has 1 nitrogen and oxygen atoms in total. The van der Waals surface area contributed by atoms with Gasteiger partial charge in [0.2, 0.25) is 0 Å². The largest absolute Gasteiger partial charge is 0.311 e. The minimum atomic E-state index is 0.814. The zero-order valence-corrected chi connectivity index (χ0v) is 5.64. The molecule has 0 radical (unpaired) electrons. The molecule has 1 N–H and O–H groups in total. The van der Waals surface area contributed by atoms with Crippen molar-refractivity contribution in [2.24, 2.45) is 0 Å². The summed E-state index contributed by atoms with van der Waals surface area (Å²) in [6, 6.07) is 1.63. The van der Waals surface area contributed by atoms with E-state index in [1.807, 2.05) is 0 Å². The molecule has 1 fully saturated rings. The molecule has 0 amide bonds. The average Bonchev–Trinajstić information content (AvgIpc) is 2.09. The van der Waals surface area contributed by atoms with E-state index in [-0.39, 0.29) is 0 Å². The molecule has 2 rings (SSSR count). The Morgan fingerprint density at radius 1 is 1.00 bits per heavy atom. The third-order valence-corrected chi connectivity index (χ3v) is 2.34. The fraction of sp³-hybridized carbons (Fsp3) is 0.750. The molecule has 2 atom stereocenters. The second kappa shape index (κ2) is 2.14. The molecule has 1 unspecified atom stereocenters. The van der Waals surface area contributed by atoms with Crippen LogP contribution in [0, 0.1) is 0 Å². The van der Waals surface area contributed by atoms with Gasteiger partial charge in [-0.15, -0.1) is 0 Å². The molecule has 0 aromatic carbocycles. The van der Waals surface area contributed by atoms with Gasteiger partial charge in [0, 0.05) is 12.1 Å². The van der Waals surface area contributed by atoms with Crippen molar-refractivity contribution in [3.63, 3.8) is 0 Å². The Bertz CT molecular complexity index is 115. The molecule has 50 valence electrons. The van der Waals surface area contributed by atoms with Crippen LogP contribution in [0.25, 0.3) is 0 Å². The average molecular weight is 123 g/mol. The Hall–Kier alpha value is -0.300. The van der Waals surface area contributed by atoms with Crippen LogP contribution in [0.3, 0.4) is 0 Å². The first-order valence-corrected chi connectivity index (χ1v) is 3.86. The van der Waals surface area contributed by atoms with E-state index in [9.17, 15) is 0 Å². The van der Waals surface area contributed by atoms with Gasteiger partial charge in [-0.25, -0.2) is 0 Å². The second-order valence-corrected chi connectivity index (χ2v) is 3.08. The van der Waals surface area contributed by atoms with Crippen LogP contribution in [0.15, 0.2) is 12.2 Å². The third-order valence-electron chi connectivity index (χ3n) is 2.34. The predicted octanol–water partition coefficient (Wildman–Crippen LogP) is 1.46. The van der Waals surface area contributed by atoms with Crippen LogP contribution in [0.5, 0.6) is 0 Å². The number of nitrogens with one attached hydrogen (secondary N) is 1. The van der Waals surface area contributed by atoms with Gasteiger partial charge in [0.15, 0.2) is 0 Å². The Kier molecular flexibility index (Phi) is 1.31. The van der Waals surface area contributed by atoms with Crippen molar-refractivity contribution in [3.8, 4) is 0 Å². The molecule has 0 saturated carbocycles. The first-order valence-electron chi connectivity index (χ1n) is 3.86. The molecule has 0 aromatic rings. The second-order valence-electron chi connectivity index (χ2n) is 3.08. The predicted molar refractivity (Wildman–Crippen MR) is 38.3 cm³/mol. The van der Waals surface area contributed by atoms with Gasteiger partial charge >= 0.3 is 0 Å². The van der Waals surface area contributed by atoms with Gasteiger partial charge in [0.25, 0.3) is 0 Å². The maximum Gasteiger partial charge on any atom is 0.0105 e. The van der Waals surface area contributed by atoms with E-state index in [2.05, 4.69) is 17.5 Å². The van der Waals surface area contributed by atoms with Crippen molar-refractivity contribution in [1.29, 1.82) is 0 Å². The van der Waals surface area contributed by atoms with E-state index in [4.69, 9.17) is 0 Å². The summed E-state index contributed by atoms with van der Waals surface area (Å²) in [6.07, 6.45) is 9.95. The summed E-state index contributed by atoms with van der Waals surface area (Å²) < 4.78 is 0. The van der Waals surface area contributed by atoms with E-state index in [1.165, 1.54) is 25.7 Å². The van der Waals surface area contributed by atoms with Crippen LogP contribution in [-0.4, -0.2) is 12.1 Å². The summed E-state index contributed by atoms with van der Waals surface area (Å²) >= 11 is 0. The Balaban J connectivity index is 2.08. The first kappa shape index (κ1) is 5.48. The summed E-state index contributed by atoms with van der Waals surface area (Å²) in [4.78, 5) is 0. The molecule has 2 bridgehead atoms. The number of hydrogen-bond donors (Lipinski definition) is 1. The monoisotopic (exact) mass is 123 g/mol.